The molecule has 4 heterocycles. The van der Waals surface area contributed by atoms with Gasteiger partial charge in [0.2, 0.25) is 5.82 Å². The third-order valence-corrected chi connectivity index (χ3v) is 5.22. The highest BCUT2D eigenvalue weighted by Gasteiger charge is 2.18. The summed E-state index contributed by atoms with van der Waals surface area (Å²) in [5.74, 6) is 0.296. The lowest BCUT2D eigenvalue weighted by atomic mass is 10.2. The van der Waals surface area contributed by atoms with E-state index in [2.05, 4.69) is 41.9 Å². The van der Waals surface area contributed by atoms with Gasteiger partial charge in [-0.2, -0.15) is 4.98 Å². The fourth-order valence-corrected chi connectivity index (χ4v) is 3.51. The minimum atomic E-state index is -2.66. The van der Waals surface area contributed by atoms with Gasteiger partial charge >= 0.3 is 0 Å². The third kappa shape index (κ3) is 3.50. The highest BCUT2D eigenvalue weighted by atomic mass is 19.3. The predicted octanol–water partition coefficient (Wildman–Crippen LogP) is 3.36. The number of rotatable bonds is 4. The van der Waals surface area contributed by atoms with Crippen LogP contribution in [0.1, 0.15) is 12.2 Å². The topological polar surface area (TPSA) is 87.0 Å². The molecule has 8 nitrogen and oxygen atoms in total. The Hall–Kier alpha value is -3.40. The zero-order valence-corrected chi connectivity index (χ0v) is 16.2. The number of likely N-dealkylation sites (N-methyl/N-ethyl adjacent to an activating group) is 1. The summed E-state index contributed by atoms with van der Waals surface area (Å²) < 4.78 is 31.1. The van der Waals surface area contributed by atoms with Gasteiger partial charge in [0, 0.05) is 43.6 Å². The first-order valence-corrected chi connectivity index (χ1v) is 9.58. The van der Waals surface area contributed by atoms with Crippen molar-refractivity contribution in [2.75, 3.05) is 38.1 Å². The molecule has 0 amide bonds. The van der Waals surface area contributed by atoms with E-state index in [1.54, 1.807) is 24.4 Å². The van der Waals surface area contributed by atoms with Gasteiger partial charge in [0.05, 0.1) is 11.0 Å². The SMILES string of the molecule is CN1CCN(c2ccnc(-c3noc(-c4ccc5nc(C(F)F)[nH]c5c4)n3)c2)CC1. The lowest BCUT2D eigenvalue weighted by molar-refractivity contribution is 0.142. The first-order valence-electron chi connectivity index (χ1n) is 9.58. The highest BCUT2D eigenvalue weighted by Crippen LogP contribution is 2.27. The van der Waals surface area contributed by atoms with E-state index < -0.39 is 6.43 Å². The van der Waals surface area contributed by atoms with Crippen molar-refractivity contribution < 1.29 is 13.3 Å². The third-order valence-electron chi connectivity index (χ3n) is 5.22. The van der Waals surface area contributed by atoms with E-state index in [4.69, 9.17) is 4.52 Å². The molecule has 0 saturated carbocycles. The summed E-state index contributed by atoms with van der Waals surface area (Å²) in [6, 6.07) is 8.95. The van der Waals surface area contributed by atoms with E-state index in [-0.39, 0.29) is 11.7 Å². The Morgan fingerprint density at radius 1 is 1.07 bits per heavy atom. The monoisotopic (exact) mass is 411 g/mol. The van der Waals surface area contributed by atoms with Gasteiger partial charge in [-0.25, -0.2) is 13.8 Å². The normalized spacial score (nSPS) is 15.4. The second kappa shape index (κ2) is 7.45. The smallest absolute Gasteiger partial charge is 0.295 e. The molecule has 5 rings (SSSR count). The Morgan fingerprint density at radius 3 is 2.70 bits per heavy atom. The van der Waals surface area contributed by atoms with E-state index in [0.29, 0.717) is 28.1 Å². The van der Waals surface area contributed by atoms with Crippen LogP contribution in [0.25, 0.3) is 34.0 Å². The molecule has 1 aromatic carbocycles. The summed E-state index contributed by atoms with van der Waals surface area (Å²) in [5.41, 5.74) is 3.23. The number of benzene rings is 1. The number of anilines is 1. The lowest BCUT2D eigenvalue weighted by Crippen LogP contribution is -2.44. The molecule has 0 bridgehead atoms. The van der Waals surface area contributed by atoms with Crippen LogP contribution in [-0.2, 0) is 0 Å². The van der Waals surface area contributed by atoms with Crippen LogP contribution in [0.5, 0.6) is 0 Å². The predicted molar refractivity (Wildman–Crippen MR) is 107 cm³/mol. The maximum atomic E-state index is 12.9. The Labute approximate surface area is 170 Å². The zero-order valence-electron chi connectivity index (χ0n) is 16.2. The number of alkyl halides is 2. The number of aromatic nitrogens is 5. The summed E-state index contributed by atoms with van der Waals surface area (Å²) in [5, 5.41) is 4.05. The molecule has 0 unspecified atom stereocenters. The number of pyridine rings is 1. The number of piperazine rings is 1. The number of H-pyrrole nitrogens is 1. The molecule has 0 radical (unpaired) electrons. The Kier molecular flexibility index (Phi) is 4.62. The quantitative estimate of drug-likeness (QED) is 0.551. The van der Waals surface area contributed by atoms with E-state index in [0.717, 1.165) is 31.9 Å². The molecule has 0 spiro atoms. The molecule has 4 aromatic rings. The second-order valence-corrected chi connectivity index (χ2v) is 7.27. The maximum absolute atomic E-state index is 12.9. The first-order chi connectivity index (χ1) is 14.6. The van der Waals surface area contributed by atoms with E-state index in [1.165, 1.54) is 0 Å². The lowest BCUT2D eigenvalue weighted by Gasteiger charge is -2.34. The van der Waals surface area contributed by atoms with Crippen molar-refractivity contribution in [1.82, 2.24) is 30.0 Å². The van der Waals surface area contributed by atoms with Crippen molar-refractivity contribution in [1.29, 1.82) is 0 Å². The summed E-state index contributed by atoms with van der Waals surface area (Å²) in [4.78, 5) is 19.9. The van der Waals surface area contributed by atoms with Crippen molar-refractivity contribution in [3.63, 3.8) is 0 Å². The molecule has 1 fully saturated rings. The van der Waals surface area contributed by atoms with Crippen LogP contribution in [0.2, 0.25) is 0 Å². The Morgan fingerprint density at radius 2 is 1.90 bits per heavy atom. The van der Waals surface area contributed by atoms with Crippen molar-refractivity contribution in [2.45, 2.75) is 6.43 Å². The number of aromatic amines is 1. The molecular formula is C20H19F2N7O. The van der Waals surface area contributed by atoms with Gasteiger partial charge in [-0.05, 0) is 37.4 Å². The van der Waals surface area contributed by atoms with Gasteiger partial charge in [0.25, 0.3) is 12.3 Å². The van der Waals surface area contributed by atoms with Crippen LogP contribution in [-0.4, -0.2) is 63.2 Å². The van der Waals surface area contributed by atoms with Gasteiger partial charge in [-0.3, -0.25) is 4.98 Å². The van der Waals surface area contributed by atoms with Crippen molar-refractivity contribution in [3.8, 4) is 23.0 Å². The van der Waals surface area contributed by atoms with Crippen LogP contribution in [0, 0.1) is 0 Å². The van der Waals surface area contributed by atoms with E-state index in [9.17, 15) is 8.78 Å². The summed E-state index contributed by atoms with van der Waals surface area (Å²) in [7, 11) is 2.12. The average molecular weight is 411 g/mol. The number of imidazole rings is 1. The number of halogens is 2. The Balaban J connectivity index is 1.42. The molecule has 154 valence electrons. The molecule has 30 heavy (non-hydrogen) atoms. The zero-order chi connectivity index (χ0) is 20.7. The summed E-state index contributed by atoms with van der Waals surface area (Å²) in [6.07, 6.45) is -0.920. The van der Waals surface area contributed by atoms with Gasteiger partial charge in [-0.15, -0.1) is 0 Å². The number of nitrogens with zero attached hydrogens (tertiary/aromatic N) is 6. The minimum Gasteiger partial charge on any atom is -0.369 e. The van der Waals surface area contributed by atoms with Crippen LogP contribution in [0.15, 0.2) is 41.1 Å². The number of fused-ring (bicyclic) bond motifs is 1. The van der Waals surface area contributed by atoms with Gasteiger partial charge in [-0.1, -0.05) is 5.16 Å². The molecule has 0 aliphatic carbocycles. The second-order valence-electron chi connectivity index (χ2n) is 7.27. The summed E-state index contributed by atoms with van der Waals surface area (Å²) >= 11 is 0. The van der Waals surface area contributed by atoms with Crippen molar-refractivity contribution in [2.24, 2.45) is 0 Å². The molecular weight excluding hydrogens is 392 g/mol. The van der Waals surface area contributed by atoms with Crippen LogP contribution >= 0.6 is 0 Å². The number of hydrogen-bond donors (Lipinski definition) is 1. The van der Waals surface area contributed by atoms with Gasteiger partial charge in [0.1, 0.15) is 5.69 Å². The minimum absolute atomic E-state index is 0.284. The molecule has 3 aromatic heterocycles. The average Bonchev–Trinajstić information content (AvgIpc) is 3.41. The molecule has 10 heteroatoms. The van der Waals surface area contributed by atoms with E-state index >= 15 is 0 Å². The fourth-order valence-electron chi connectivity index (χ4n) is 3.51. The van der Waals surface area contributed by atoms with Crippen molar-refractivity contribution in [3.05, 3.63) is 42.4 Å². The highest BCUT2D eigenvalue weighted by molar-refractivity contribution is 5.80. The van der Waals surface area contributed by atoms with Gasteiger partial charge in [0.15, 0.2) is 5.82 Å². The van der Waals surface area contributed by atoms with Crippen LogP contribution in [0.3, 0.4) is 0 Å². The molecule has 0 atom stereocenters. The fraction of sp³-hybridized carbons (Fsp3) is 0.300. The van der Waals surface area contributed by atoms with Gasteiger partial charge < -0.3 is 19.3 Å². The molecule has 1 aliphatic rings. The Bertz CT molecular complexity index is 1180. The van der Waals surface area contributed by atoms with Crippen LogP contribution < -0.4 is 4.90 Å². The summed E-state index contributed by atoms with van der Waals surface area (Å²) in [6.45, 7) is 3.91. The molecule has 1 N–H and O–H groups in total. The molecule has 1 aliphatic heterocycles. The molecule has 1 saturated heterocycles. The maximum Gasteiger partial charge on any atom is 0.295 e. The standard InChI is InChI=1S/C20H19F2N7O/c1-28-6-8-29(9-7-28)13-4-5-23-16(11-13)18-26-20(30-27-18)12-2-3-14-15(10-12)25-19(24-14)17(21)22/h2-5,10-11,17H,6-9H2,1H3,(H,24,25). The largest absolute Gasteiger partial charge is 0.369 e. The number of nitrogens with one attached hydrogen (secondary N) is 1. The van der Waals surface area contributed by atoms with Crippen molar-refractivity contribution >= 4 is 16.7 Å². The van der Waals surface area contributed by atoms with Crippen LogP contribution in [0.4, 0.5) is 14.5 Å². The number of hydrogen-bond acceptors (Lipinski definition) is 7. The first kappa shape index (κ1) is 18.6. The van der Waals surface area contributed by atoms with E-state index in [1.807, 2.05) is 12.1 Å².